The fraction of sp³-hybridized carbons (Fsp3) is 0.118. The van der Waals surface area contributed by atoms with E-state index in [0.717, 1.165) is 15.0 Å². The van der Waals surface area contributed by atoms with Gasteiger partial charge in [0.05, 0.1) is 15.6 Å². The molecule has 0 radical (unpaired) electrons. The molecule has 0 aliphatic heterocycles. The van der Waals surface area contributed by atoms with Crippen LogP contribution in [0.4, 0.5) is 0 Å². The number of ether oxygens (including phenoxy) is 1. The topological polar surface area (TPSA) is 56.5 Å². The molecular weight excluding hydrogens is 346 g/mol. The first kappa shape index (κ1) is 15.1. The van der Waals surface area contributed by atoms with Gasteiger partial charge in [0.25, 0.3) is 0 Å². The predicted molar refractivity (Wildman–Crippen MR) is 93.7 cm³/mol. The van der Waals surface area contributed by atoms with Gasteiger partial charge in [0.1, 0.15) is 12.2 Å². The maximum atomic E-state index is 12.5. The molecule has 0 saturated carbocycles. The van der Waals surface area contributed by atoms with Crippen molar-refractivity contribution in [3.8, 4) is 0 Å². The molecule has 0 atom stereocenters. The molecule has 120 valence electrons. The minimum atomic E-state index is -0.449. The average molecular weight is 358 g/mol. The van der Waals surface area contributed by atoms with Gasteiger partial charge in [-0.3, -0.25) is 0 Å². The van der Waals surface area contributed by atoms with Crippen LogP contribution in [0.1, 0.15) is 20.9 Å². The molecule has 24 heavy (non-hydrogen) atoms. The third kappa shape index (κ3) is 2.44. The highest BCUT2D eigenvalue weighted by Crippen LogP contribution is 2.35. The number of rotatable bonds is 3. The second kappa shape index (κ2) is 5.89. The summed E-state index contributed by atoms with van der Waals surface area (Å²) >= 11 is 7.91. The number of carbonyl (C=O) groups excluding carboxylic acids is 1. The van der Waals surface area contributed by atoms with Crippen LogP contribution in [0.3, 0.4) is 0 Å². The Morgan fingerprint density at radius 3 is 3.00 bits per heavy atom. The molecule has 0 fully saturated rings. The van der Waals surface area contributed by atoms with E-state index in [2.05, 4.69) is 10.1 Å². The number of hydrogen-bond donors (Lipinski definition) is 0. The Hall–Kier alpha value is -2.44. The van der Waals surface area contributed by atoms with E-state index < -0.39 is 5.97 Å². The SMILES string of the molecule is Cc1nn2cccnc2c1C(=O)OCc1sc2ccccc2c1Cl. The molecule has 5 nitrogen and oxygen atoms in total. The lowest BCUT2D eigenvalue weighted by atomic mass is 10.2. The highest BCUT2D eigenvalue weighted by Gasteiger charge is 2.20. The first-order valence-electron chi connectivity index (χ1n) is 7.28. The van der Waals surface area contributed by atoms with Crippen LogP contribution < -0.4 is 0 Å². The van der Waals surface area contributed by atoms with Gasteiger partial charge in [0, 0.05) is 22.5 Å². The Balaban J connectivity index is 1.62. The smallest absolute Gasteiger partial charge is 0.344 e. The van der Waals surface area contributed by atoms with Gasteiger partial charge in [-0.1, -0.05) is 29.8 Å². The highest BCUT2D eigenvalue weighted by molar-refractivity contribution is 7.19. The Bertz CT molecular complexity index is 1070. The molecule has 4 rings (SSSR count). The number of nitrogens with zero attached hydrogens (tertiary/aromatic N) is 3. The molecule has 3 aromatic heterocycles. The minimum absolute atomic E-state index is 0.126. The van der Waals surface area contributed by atoms with E-state index in [0.29, 0.717) is 21.9 Å². The summed E-state index contributed by atoms with van der Waals surface area (Å²) in [6, 6.07) is 9.60. The third-order valence-corrected chi connectivity index (χ3v) is 5.40. The predicted octanol–water partition coefficient (Wildman–Crippen LogP) is 4.26. The summed E-state index contributed by atoms with van der Waals surface area (Å²) < 4.78 is 8.10. The Morgan fingerprint density at radius 2 is 2.17 bits per heavy atom. The van der Waals surface area contributed by atoms with E-state index in [-0.39, 0.29) is 6.61 Å². The number of halogens is 1. The van der Waals surface area contributed by atoms with Crippen molar-refractivity contribution in [3.63, 3.8) is 0 Å². The van der Waals surface area contributed by atoms with Crippen molar-refractivity contribution in [2.24, 2.45) is 0 Å². The van der Waals surface area contributed by atoms with Gasteiger partial charge in [-0.05, 0) is 19.1 Å². The Labute approximate surface area is 146 Å². The van der Waals surface area contributed by atoms with Crippen molar-refractivity contribution < 1.29 is 9.53 Å². The zero-order chi connectivity index (χ0) is 16.7. The van der Waals surface area contributed by atoms with Gasteiger partial charge in [0.2, 0.25) is 0 Å². The highest BCUT2D eigenvalue weighted by atomic mass is 35.5. The van der Waals surface area contributed by atoms with Crippen molar-refractivity contribution in [1.29, 1.82) is 0 Å². The maximum absolute atomic E-state index is 12.5. The number of thiophene rings is 1. The lowest BCUT2D eigenvalue weighted by Gasteiger charge is -2.03. The van der Waals surface area contributed by atoms with E-state index in [1.165, 1.54) is 11.3 Å². The fourth-order valence-electron chi connectivity index (χ4n) is 2.60. The molecular formula is C17H12ClN3O2S. The van der Waals surface area contributed by atoms with Crippen molar-refractivity contribution in [3.05, 3.63) is 63.9 Å². The molecule has 0 aliphatic rings. The molecule has 3 heterocycles. The molecule has 1 aromatic carbocycles. The zero-order valence-corrected chi connectivity index (χ0v) is 14.3. The van der Waals surface area contributed by atoms with Crippen molar-refractivity contribution in [2.75, 3.05) is 0 Å². The number of carbonyl (C=O) groups is 1. The van der Waals surface area contributed by atoms with Crippen molar-refractivity contribution in [2.45, 2.75) is 13.5 Å². The average Bonchev–Trinajstić information content (AvgIpc) is 3.09. The summed E-state index contributed by atoms with van der Waals surface area (Å²) in [4.78, 5) is 17.5. The van der Waals surface area contributed by atoms with Gasteiger partial charge < -0.3 is 4.74 Å². The van der Waals surface area contributed by atoms with Gasteiger partial charge >= 0.3 is 5.97 Å². The van der Waals surface area contributed by atoms with E-state index in [4.69, 9.17) is 16.3 Å². The number of hydrogen-bond acceptors (Lipinski definition) is 5. The minimum Gasteiger partial charge on any atom is -0.456 e. The van der Waals surface area contributed by atoms with Gasteiger partial charge in [0.15, 0.2) is 5.65 Å². The third-order valence-electron chi connectivity index (χ3n) is 3.71. The first-order valence-corrected chi connectivity index (χ1v) is 8.47. The molecule has 0 aliphatic carbocycles. The largest absolute Gasteiger partial charge is 0.456 e. The number of fused-ring (bicyclic) bond motifs is 2. The lowest BCUT2D eigenvalue weighted by Crippen LogP contribution is -2.06. The summed E-state index contributed by atoms with van der Waals surface area (Å²) in [5, 5.41) is 5.88. The second-order valence-electron chi connectivity index (χ2n) is 5.26. The van der Waals surface area contributed by atoms with Crippen LogP contribution in [-0.2, 0) is 11.3 Å². The molecule has 0 saturated heterocycles. The summed E-state index contributed by atoms with van der Waals surface area (Å²) in [5.74, 6) is -0.449. The number of esters is 1. The molecule has 7 heteroatoms. The number of aryl methyl sites for hydroxylation is 1. The van der Waals surface area contributed by atoms with Crippen molar-refractivity contribution >= 4 is 44.6 Å². The van der Waals surface area contributed by atoms with Crippen LogP contribution in [0.15, 0.2) is 42.7 Å². The zero-order valence-electron chi connectivity index (χ0n) is 12.7. The monoisotopic (exact) mass is 357 g/mol. The van der Waals surface area contributed by atoms with Crippen LogP contribution in [-0.4, -0.2) is 20.6 Å². The molecule has 0 spiro atoms. The molecule has 0 bridgehead atoms. The number of aromatic nitrogens is 3. The van der Waals surface area contributed by atoms with Gasteiger partial charge in [-0.2, -0.15) is 5.10 Å². The van der Waals surface area contributed by atoms with Crippen LogP contribution in [0, 0.1) is 6.92 Å². The Morgan fingerprint density at radius 1 is 1.33 bits per heavy atom. The van der Waals surface area contributed by atoms with Crippen LogP contribution in [0.5, 0.6) is 0 Å². The molecule has 0 amide bonds. The molecule has 0 unspecified atom stereocenters. The molecule has 0 N–H and O–H groups in total. The summed E-state index contributed by atoms with van der Waals surface area (Å²) in [7, 11) is 0. The van der Waals surface area contributed by atoms with E-state index >= 15 is 0 Å². The van der Waals surface area contributed by atoms with E-state index in [9.17, 15) is 4.79 Å². The van der Waals surface area contributed by atoms with Crippen LogP contribution in [0.25, 0.3) is 15.7 Å². The first-order chi connectivity index (χ1) is 11.6. The summed E-state index contributed by atoms with van der Waals surface area (Å²) in [6.07, 6.45) is 3.37. The van der Waals surface area contributed by atoms with E-state index in [1.807, 2.05) is 24.3 Å². The molecule has 4 aromatic rings. The Kier molecular flexibility index (Phi) is 3.70. The second-order valence-corrected chi connectivity index (χ2v) is 6.77. The summed E-state index contributed by atoms with van der Waals surface area (Å²) in [6.45, 7) is 1.89. The number of benzene rings is 1. The van der Waals surface area contributed by atoms with Crippen molar-refractivity contribution in [1.82, 2.24) is 14.6 Å². The standard InChI is InChI=1S/C17H12ClN3O2S/c1-10-14(16-19-7-4-8-21(16)20-10)17(22)23-9-13-15(18)11-5-2-3-6-12(11)24-13/h2-8H,9H2,1H3. The maximum Gasteiger partial charge on any atom is 0.344 e. The summed E-state index contributed by atoms with van der Waals surface area (Å²) in [5.41, 5.74) is 1.46. The quantitative estimate of drug-likeness (QED) is 0.514. The fourth-order valence-corrected chi connectivity index (χ4v) is 4.00. The normalized spacial score (nSPS) is 11.2. The lowest BCUT2D eigenvalue weighted by molar-refractivity contribution is 0.0478. The van der Waals surface area contributed by atoms with Gasteiger partial charge in [-0.25, -0.2) is 14.3 Å². The van der Waals surface area contributed by atoms with Gasteiger partial charge in [-0.15, -0.1) is 11.3 Å². The van der Waals surface area contributed by atoms with E-state index in [1.54, 1.807) is 29.9 Å². The van der Waals surface area contributed by atoms with Crippen LogP contribution >= 0.6 is 22.9 Å². The van der Waals surface area contributed by atoms with Crippen LogP contribution in [0.2, 0.25) is 5.02 Å².